The summed E-state index contributed by atoms with van der Waals surface area (Å²) in [7, 11) is 0. The number of nitrogens with zero attached hydrogens (tertiary/aromatic N) is 1. The quantitative estimate of drug-likeness (QED) is 0.325. The van der Waals surface area contributed by atoms with Gasteiger partial charge in [0.2, 0.25) is 0 Å². The first-order chi connectivity index (χ1) is 9.91. The van der Waals surface area contributed by atoms with Gasteiger partial charge in [0, 0.05) is 5.56 Å². The lowest BCUT2D eigenvalue weighted by molar-refractivity contribution is -0.131. The van der Waals surface area contributed by atoms with Crippen molar-refractivity contribution in [1.82, 2.24) is 15.6 Å². The Kier molecular flexibility index (Phi) is 3.95. The van der Waals surface area contributed by atoms with E-state index >= 15 is 0 Å². The van der Waals surface area contributed by atoms with Gasteiger partial charge in [-0.05, 0) is 31.0 Å². The van der Waals surface area contributed by atoms with Crippen LogP contribution in [0.25, 0.3) is 0 Å². The van der Waals surface area contributed by atoms with Crippen LogP contribution in [0.2, 0.25) is 0 Å². The molecule has 7 heteroatoms. The standard InChI is InChI=1S/C14H18N4O3/c1-3-14(2)12(20)18(13(21)16-14)8-9-5-4-6-10(7-9)11(19)17-15/h4-7H,3,8,15H2,1-2H3,(H,16,21)(H,17,19). The van der Waals surface area contributed by atoms with Gasteiger partial charge in [0.1, 0.15) is 5.54 Å². The van der Waals surface area contributed by atoms with Crippen molar-refractivity contribution in [3.63, 3.8) is 0 Å². The molecule has 0 saturated carbocycles. The summed E-state index contributed by atoms with van der Waals surface area (Å²) in [5, 5.41) is 2.69. The number of urea groups is 1. The third-order valence-corrected chi connectivity index (χ3v) is 3.71. The molecule has 21 heavy (non-hydrogen) atoms. The van der Waals surface area contributed by atoms with Gasteiger partial charge >= 0.3 is 6.03 Å². The van der Waals surface area contributed by atoms with Gasteiger partial charge in [-0.3, -0.25) is 19.9 Å². The van der Waals surface area contributed by atoms with Gasteiger partial charge in [0.05, 0.1) is 6.54 Å². The molecule has 1 atom stereocenters. The molecular weight excluding hydrogens is 272 g/mol. The first-order valence-electron chi connectivity index (χ1n) is 6.65. The van der Waals surface area contributed by atoms with Gasteiger partial charge in [0.25, 0.3) is 11.8 Å². The summed E-state index contributed by atoms with van der Waals surface area (Å²) in [4.78, 5) is 36.9. The third-order valence-electron chi connectivity index (χ3n) is 3.71. The van der Waals surface area contributed by atoms with Crippen LogP contribution in [0.1, 0.15) is 36.2 Å². The highest BCUT2D eigenvalue weighted by atomic mass is 16.2. The highest BCUT2D eigenvalue weighted by Gasteiger charge is 2.46. The van der Waals surface area contributed by atoms with Gasteiger partial charge in [-0.15, -0.1) is 0 Å². The summed E-state index contributed by atoms with van der Waals surface area (Å²) >= 11 is 0. The van der Waals surface area contributed by atoms with Crippen molar-refractivity contribution in [2.45, 2.75) is 32.4 Å². The molecule has 7 nitrogen and oxygen atoms in total. The number of nitrogens with one attached hydrogen (secondary N) is 2. The van der Waals surface area contributed by atoms with Gasteiger partial charge in [-0.25, -0.2) is 10.6 Å². The minimum absolute atomic E-state index is 0.117. The molecule has 0 spiro atoms. The second-order valence-corrected chi connectivity index (χ2v) is 5.18. The van der Waals surface area contributed by atoms with Crippen LogP contribution in [-0.4, -0.2) is 28.3 Å². The average molecular weight is 290 g/mol. The Balaban J connectivity index is 2.21. The number of hydrogen-bond acceptors (Lipinski definition) is 4. The van der Waals surface area contributed by atoms with E-state index in [1.54, 1.807) is 31.2 Å². The molecule has 0 aliphatic carbocycles. The largest absolute Gasteiger partial charge is 0.325 e. The zero-order chi connectivity index (χ0) is 15.6. The summed E-state index contributed by atoms with van der Waals surface area (Å²) in [6, 6.07) is 6.21. The smallest absolute Gasteiger partial charge is 0.323 e. The van der Waals surface area contributed by atoms with Gasteiger partial charge in [-0.2, -0.15) is 0 Å². The van der Waals surface area contributed by atoms with Crippen molar-refractivity contribution in [1.29, 1.82) is 0 Å². The number of carbonyl (C=O) groups is 3. The fourth-order valence-corrected chi connectivity index (χ4v) is 2.21. The van der Waals surface area contributed by atoms with Crippen molar-refractivity contribution in [2.24, 2.45) is 5.84 Å². The number of hydrazine groups is 1. The lowest BCUT2D eigenvalue weighted by Gasteiger charge is -2.19. The molecule has 0 bridgehead atoms. The molecule has 0 aromatic heterocycles. The van der Waals surface area contributed by atoms with Crippen molar-refractivity contribution >= 4 is 17.8 Å². The fourth-order valence-electron chi connectivity index (χ4n) is 2.21. The first-order valence-corrected chi connectivity index (χ1v) is 6.65. The molecule has 4 N–H and O–H groups in total. The molecule has 1 aliphatic rings. The number of rotatable bonds is 4. The van der Waals surface area contributed by atoms with Crippen LogP contribution < -0.4 is 16.6 Å². The number of hydrogen-bond donors (Lipinski definition) is 3. The highest BCUT2D eigenvalue weighted by molar-refractivity contribution is 6.06. The van der Waals surface area contributed by atoms with E-state index in [-0.39, 0.29) is 12.5 Å². The minimum atomic E-state index is -0.858. The van der Waals surface area contributed by atoms with E-state index in [4.69, 9.17) is 5.84 Å². The van der Waals surface area contributed by atoms with Crippen LogP contribution in [0.3, 0.4) is 0 Å². The summed E-state index contributed by atoms with van der Waals surface area (Å²) < 4.78 is 0. The predicted octanol–water partition coefficient (Wildman–Crippen LogP) is 0.511. The molecule has 1 aromatic carbocycles. The third kappa shape index (κ3) is 2.73. The second-order valence-electron chi connectivity index (χ2n) is 5.18. The van der Waals surface area contributed by atoms with E-state index in [2.05, 4.69) is 5.32 Å². The second kappa shape index (κ2) is 5.53. The Bertz CT molecular complexity index is 602. The maximum Gasteiger partial charge on any atom is 0.325 e. The van der Waals surface area contributed by atoms with Crippen LogP contribution >= 0.6 is 0 Å². The summed E-state index contributed by atoms with van der Waals surface area (Å²) in [6.07, 6.45) is 0.518. The molecule has 1 unspecified atom stereocenters. The molecule has 2 rings (SSSR count). The number of amides is 4. The Morgan fingerprint density at radius 1 is 1.43 bits per heavy atom. The molecule has 1 heterocycles. The molecular formula is C14H18N4O3. The van der Waals surface area contributed by atoms with E-state index in [0.29, 0.717) is 17.5 Å². The van der Waals surface area contributed by atoms with Crippen molar-refractivity contribution in [3.8, 4) is 0 Å². The molecule has 0 radical (unpaired) electrons. The maximum atomic E-state index is 12.3. The van der Waals surface area contributed by atoms with Crippen molar-refractivity contribution < 1.29 is 14.4 Å². The van der Waals surface area contributed by atoms with E-state index < -0.39 is 17.5 Å². The highest BCUT2D eigenvalue weighted by Crippen LogP contribution is 2.22. The SMILES string of the molecule is CCC1(C)NC(=O)N(Cc2cccc(C(=O)NN)c2)C1=O. The van der Waals surface area contributed by atoms with E-state index in [1.807, 2.05) is 12.3 Å². The fraction of sp³-hybridized carbons (Fsp3) is 0.357. The monoisotopic (exact) mass is 290 g/mol. The number of nitrogens with two attached hydrogens (primary N) is 1. The van der Waals surface area contributed by atoms with E-state index in [9.17, 15) is 14.4 Å². The summed E-state index contributed by atoms with van der Waals surface area (Å²) in [6.45, 7) is 3.66. The number of nitrogen functional groups attached to an aromatic ring is 1. The topological polar surface area (TPSA) is 105 Å². The lowest BCUT2D eigenvalue weighted by Crippen LogP contribution is -2.43. The molecule has 1 aromatic rings. The summed E-state index contributed by atoms with van der Waals surface area (Å²) in [5.41, 5.74) is 2.24. The Morgan fingerprint density at radius 2 is 2.14 bits per heavy atom. The van der Waals surface area contributed by atoms with E-state index in [1.165, 1.54) is 0 Å². The van der Waals surface area contributed by atoms with Crippen LogP contribution in [0, 0.1) is 0 Å². The van der Waals surface area contributed by atoms with Crippen LogP contribution in [0.4, 0.5) is 4.79 Å². The Morgan fingerprint density at radius 3 is 2.71 bits per heavy atom. The molecule has 1 aliphatic heterocycles. The zero-order valence-corrected chi connectivity index (χ0v) is 12.0. The van der Waals surface area contributed by atoms with Crippen molar-refractivity contribution in [2.75, 3.05) is 0 Å². The van der Waals surface area contributed by atoms with Gasteiger partial charge in [-0.1, -0.05) is 19.1 Å². The van der Waals surface area contributed by atoms with Crippen LogP contribution in [-0.2, 0) is 11.3 Å². The average Bonchev–Trinajstić information content (AvgIpc) is 2.71. The minimum Gasteiger partial charge on any atom is -0.323 e. The number of benzene rings is 1. The molecule has 112 valence electrons. The Labute approximate surface area is 122 Å². The summed E-state index contributed by atoms with van der Waals surface area (Å²) in [5.74, 6) is 4.40. The molecule has 4 amide bonds. The van der Waals surface area contributed by atoms with E-state index in [0.717, 1.165) is 4.90 Å². The van der Waals surface area contributed by atoms with Crippen molar-refractivity contribution in [3.05, 3.63) is 35.4 Å². The lowest BCUT2D eigenvalue weighted by atomic mass is 9.99. The Hall–Kier alpha value is -2.41. The van der Waals surface area contributed by atoms with Gasteiger partial charge < -0.3 is 5.32 Å². The van der Waals surface area contributed by atoms with Crippen LogP contribution in [0.5, 0.6) is 0 Å². The van der Waals surface area contributed by atoms with Crippen LogP contribution in [0.15, 0.2) is 24.3 Å². The molecule has 1 saturated heterocycles. The zero-order valence-electron chi connectivity index (χ0n) is 12.0. The predicted molar refractivity (Wildman–Crippen MR) is 75.9 cm³/mol. The molecule has 1 fully saturated rings. The van der Waals surface area contributed by atoms with Gasteiger partial charge in [0.15, 0.2) is 0 Å². The maximum absolute atomic E-state index is 12.3. The normalized spacial score (nSPS) is 21.4. The number of imide groups is 1. The first kappa shape index (κ1) is 15.0. The number of carbonyl (C=O) groups excluding carboxylic acids is 3.